The predicted octanol–water partition coefficient (Wildman–Crippen LogP) is 2.17. The van der Waals surface area contributed by atoms with Crippen molar-refractivity contribution in [2.24, 2.45) is 0 Å². The van der Waals surface area contributed by atoms with E-state index in [1.165, 1.54) is 12.8 Å². The van der Waals surface area contributed by atoms with E-state index < -0.39 is 0 Å². The highest BCUT2D eigenvalue weighted by atomic mass is 16.2. The number of carbonyl (C=O) groups excluding carboxylic acids is 1. The second-order valence-corrected chi connectivity index (χ2v) is 4.71. The second kappa shape index (κ2) is 3.79. The summed E-state index contributed by atoms with van der Waals surface area (Å²) in [6, 6.07) is 0.485. The van der Waals surface area contributed by atoms with Gasteiger partial charge in [-0.3, -0.25) is 0 Å². The Morgan fingerprint density at radius 1 is 1.36 bits per heavy atom. The molecule has 2 aliphatic rings. The van der Waals surface area contributed by atoms with E-state index in [-0.39, 0.29) is 11.6 Å². The van der Waals surface area contributed by atoms with E-state index in [9.17, 15) is 4.79 Å². The third-order valence-electron chi connectivity index (χ3n) is 3.60. The average molecular weight is 196 g/mol. The first-order valence-electron chi connectivity index (χ1n) is 5.83. The van der Waals surface area contributed by atoms with E-state index in [0.717, 1.165) is 32.1 Å². The predicted molar refractivity (Wildman–Crippen MR) is 56.2 cm³/mol. The van der Waals surface area contributed by atoms with Crippen LogP contribution in [0.4, 0.5) is 4.79 Å². The molecule has 2 rings (SSSR count). The summed E-state index contributed by atoms with van der Waals surface area (Å²) in [6.45, 7) is 2.14. The molecule has 0 radical (unpaired) electrons. The minimum atomic E-state index is 0.0521. The maximum absolute atomic E-state index is 11.6. The number of hydrogen-bond acceptors (Lipinski definition) is 1. The minimum absolute atomic E-state index is 0.0521. The average Bonchev–Trinajstić information content (AvgIpc) is 2.74. The van der Waals surface area contributed by atoms with E-state index in [4.69, 9.17) is 0 Å². The maximum Gasteiger partial charge on any atom is 0.315 e. The van der Waals surface area contributed by atoms with E-state index in [1.807, 2.05) is 0 Å². The van der Waals surface area contributed by atoms with E-state index in [2.05, 4.69) is 17.6 Å². The monoisotopic (exact) mass is 196 g/mol. The molecular weight excluding hydrogens is 176 g/mol. The zero-order valence-corrected chi connectivity index (χ0v) is 8.94. The largest absolute Gasteiger partial charge is 0.335 e. The molecular formula is C11H20N2O. The molecule has 2 amide bonds. The molecule has 0 aromatic carbocycles. The number of amides is 2. The van der Waals surface area contributed by atoms with Crippen molar-refractivity contribution in [3.63, 3.8) is 0 Å². The van der Waals surface area contributed by atoms with Gasteiger partial charge in [0.05, 0.1) is 0 Å². The first-order chi connectivity index (χ1) is 6.74. The maximum atomic E-state index is 11.6. The van der Waals surface area contributed by atoms with Crippen LogP contribution in [-0.2, 0) is 0 Å². The van der Waals surface area contributed by atoms with Crippen LogP contribution in [0.3, 0.4) is 0 Å². The third kappa shape index (κ3) is 2.20. The van der Waals surface area contributed by atoms with Gasteiger partial charge in [0.15, 0.2) is 0 Å². The van der Waals surface area contributed by atoms with Gasteiger partial charge < -0.3 is 10.6 Å². The lowest BCUT2D eigenvalue weighted by Crippen LogP contribution is -2.46. The van der Waals surface area contributed by atoms with Gasteiger partial charge in [-0.1, -0.05) is 19.8 Å². The molecule has 2 saturated carbocycles. The quantitative estimate of drug-likeness (QED) is 0.713. The number of nitrogens with one attached hydrogen (secondary N) is 2. The molecule has 3 heteroatoms. The summed E-state index contributed by atoms with van der Waals surface area (Å²) in [4.78, 5) is 11.6. The van der Waals surface area contributed by atoms with Gasteiger partial charge in [-0.2, -0.15) is 0 Å². The Bertz CT molecular complexity index is 217. The fraction of sp³-hybridized carbons (Fsp3) is 0.909. The second-order valence-electron chi connectivity index (χ2n) is 4.71. The van der Waals surface area contributed by atoms with Crippen molar-refractivity contribution in [3.8, 4) is 0 Å². The lowest BCUT2D eigenvalue weighted by Gasteiger charge is -2.18. The highest BCUT2D eigenvalue weighted by Gasteiger charge is 2.42. The van der Waals surface area contributed by atoms with Crippen molar-refractivity contribution in [2.75, 3.05) is 0 Å². The minimum Gasteiger partial charge on any atom is -0.335 e. The molecule has 0 heterocycles. The molecule has 2 aliphatic carbocycles. The summed E-state index contributed by atoms with van der Waals surface area (Å²) in [6.07, 6.45) is 8.22. The van der Waals surface area contributed by atoms with Crippen LogP contribution < -0.4 is 10.6 Å². The zero-order chi connectivity index (χ0) is 10.0. The van der Waals surface area contributed by atoms with Crippen LogP contribution in [0.25, 0.3) is 0 Å². The molecule has 0 spiro atoms. The Hall–Kier alpha value is -0.730. The van der Waals surface area contributed by atoms with Crippen LogP contribution in [0, 0.1) is 0 Å². The summed E-state index contributed by atoms with van der Waals surface area (Å²) in [5.74, 6) is 0. The van der Waals surface area contributed by atoms with Crippen molar-refractivity contribution in [1.29, 1.82) is 0 Å². The standard InChI is InChI=1S/C11H20N2O/c1-2-11(7-8-11)13-10(14)12-9-5-3-4-6-9/h9H,2-8H2,1H3,(H2,12,13,14). The van der Waals surface area contributed by atoms with Gasteiger partial charge in [0.25, 0.3) is 0 Å². The van der Waals surface area contributed by atoms with E-state index >= 15 is 0 Å². The summed E-state index contributed by atoms with van der Waals surface area (Å²) in [5.41, 5.74) is 0.155. The van der Waals surface area contributed by atoms with Crippen molar-refractivity contribution < 1.29 is 4.79 Å². The Kier molecular flexibility index (Phi) is 2.66. The van der Waals surface area contributed by atoms with Crippen molar-refractivity contribution in [2.45, 2.75) is 63.5 Å². The lowest BCUT2D eigenvalue weighted by molar-refractivity contribution is 0.231. The summed E-state index contributed by atoms with van der Waals surface area (Å²) < 4.78 is 0. The fourth-order valence-electron chi connectivity index (χ4n) is 2.25. The normalized spacial score (nSPS) is 24.6. The zero-order valence-electron chi connectivity index (χ0n) is 8.94. The first kappa shape index (κ1) is 9.81. The number of urea groups is 1. The van der Waals surface area contributed by atoms with Crippen LogP contribution in [0.15, 0.2) is 0 Å². The molecule has 0 saturated heterocycles. The number of rotatable bonds is 3. The van der Waals surface area contributed by atoms with Crippen LogP contribution >= 0.6 is 0 Å². The molecule has 3 nitrogen and oxygen atoms in total. The van der Waals surface area contributed by atoms with Gasteiger partial charge in [-0.25, -0.2) is 4.79 Å². The smallest absolute Gasteiger partial charge is 0.315 e. The summed E-state index contributed by atoms with van der Waals surface area (Å²) in [5, 5.41) is 6.15. The van der Waals surface area contributed by atoms with Crippen LogP contribution in [-0.4, -0.2) is 17.6 Å². The SMILES string of the molecule is CCC1(NC(=O)NC2CCCC2)CC1. The van der Waals surface area contributed by atoms with Crippen LogP contribution in [0.1, 0.15) is 51.9 Å². The highest BCUT2D eigenvalue weighted by Crippen LogP contribution is 2.38. The Morgan fingerprint density at radius 2 is 2.00 bits per heavy atom. The van der Waals surface area contributed by atoms with Gasteiger partial charge in [-0.05, 0) is 32.1 Å². The fourth-order valence-corrected chi connectivity index (χ4v) is 2.25. The van der Waals surface area contributed by atoms with Crippen molar-refractivity contribution in [1.82, 2.24) is 10.6 Å². The molecule has 80 valence electrons. The summed E-state index contributed by atoms with van der Waals surface area (Å²) >= 11 is 0. The first-order valence-corrected chi connectivity index (χ1v) is 5.83. The van der Waals surface area contributed by atoms with Gasteiger partial charge >= 0.3 is 6.03 Å². The molecule has 0 aromatic rings. The summed E-state index contributed by atoms with van der Waals surface area (Å²) in [7, 11) is 0. The van der Waals surface area contributed by atoms with E-state index in [1.54, 1.807) is 0 Å². The van der Waals surface area contributed by atoms with Crippen molar-refractivity contribution >= 4 is 6.03 Å². The lowest BCUT2D eigenvalue weighted by atomic mass is 10.2. The van der Waals surface area contributed by atoms with Gasteiger partial charge in [0, 0.05) is 11.6 Å². The Morgan fingerprint density at radius 3 is 2.50 bits per heavy atom. The molecule has 0 bridgehead atoms. The van der Waals surface area contributed by atoms with Crippen molar-refractivity contribution in [3.05, 3.63) is 0 Å². The van der Waals surface area contributed by atoms with E-state index in [0.29, 0.717) is 6.04 Å². The van der Waals surface area contributed by atoms with Crippen LogP contribution in [0.5, 0.6) is 0 Å². The molecule has 2 N–H and O–H groups in total. The molecule has 0 aromatic heterocycles. The Labute approximate surface area is 85.6 Å². The number of carbonyl (C=O) groups is 1. The number of hydrogen-bond donors (Lipinski definition) is 2. The molecule has 0 atom stereocenters. The molecule has 14 heavy (non-hydrogen) atoms. The topological polar surface area (TPSA) is 41.1 Å². The van der Waals surface area contributed by atoms with Crippen LogP contribution in [0.2, 0.25) is 0 Å². The van der Waals surface area contributed by atoms with Gasteiger partial charge in [-0.15, -0.1) is 0 Å². The molecule has 0 aliphatic heterocycles. The third-order valence-corrected chi connectivity index (χ3v) is 3.60. The Balaban J connectivity index is 1.73. The highest BCUT2D eigenvalue weighted by molar-refractivity contribution is 5.75. The molecule has 0 unspecified atom stereocenters. The van der Waals surface area contributed by atoms with Gasteiger partial charge in [0.2, 0.25) is 0 Å². The van der Waals surface area contributed by atoms with Gasteiger partial charge in [0.1, 0.15) is 0 Å². The molecule has 2 fully saturated rings.